The Balaban J connectivity index is 1.57. The first-order chi connectivity index (χ1) is 17.9. The van der Waals surface area contributed by atoms with E-state index >= 15 is 0 Å². The molecule has 180 valence electrons. The van der Waals surface area contributed by atoms with E-state index in [0.717, 1.165) is 22.6 Å². The van der Waals surface area contributed by atoms with E-state index in [1.807, 2.05) is 17.5 Å². The highest BCUT2D eigenvalue weighted by Crippen LogP contribution is 2.50. The molecule has 4 aromatic carbocycles. The largest absolute Gasteiger partial charge is 0.355 e. The van der Waals surface area contributed by atoms with Crippen LogP contribution in [-0.2, 0) is 5.41 Å². The predicted molar refractivity (Wildman–Crippen MR) is 160 cm³/mol. The highest BCUT2D eigenvalue weighted by Gasteiger charge is 2.24. The summed E-state index contributed by atoms with van der Waals surface area (Å²) in [4.78, 5) is 4.78. The summed E-state index contributed by atoms with van der Waals surface area (Å²) in [6.45, 7) is 9.04. The number of thiophene rings is 1. The first-order valence-electron chi connectivity index (χ1n) is 12.8. The minimum absolute atomic E-state index is 0.0702. The van der Waals surface area contributed by atoms with Crippen LogP contribution in [0.3, 0.4) is 0 Å². The zero-order valence-corrected chi connectivity index (χ0v) is 22.3. The van der Waals surface area contributed by atoms with Gasteiger partial charge in [-0.2, -0.15) is 0 Å². The number of hydrogen-bond acceptors (Lipinski definition) is 3. The van der Waals surface area contributed by atoms with Crippen LogP contribution in [0.25, 0.3) is 53.7 Å². The van der Waals surface area contributed by atoms with Crippen molar-refractivity contribution in [2.75, 3.05) is 5.32 Å². The smallest absolute Gasteiger partial charge is 0.0705 e. The van der Waals surface area contributed by atoms with Gasteiger partial charge < -0.3 is 5.32 Å². The molecule has 0 amide bonds. The van der Waals surface area contributed by atoms with Crippen molar-refractivity contribution in [2.45, 2.75) is 33.1 Å². The van der Waals surface area contributed by atoms with Gasteiger partial charge in [0, 0.05) is 60.0 Å². The number of fused-ring (bicyclic) bond motifs is 10. The zero-order valence-electron chi connectivity index (χ0n) is 21.5. The second-order valence-corrected chi connectivity index (χ2v) is 12.1. The number of hydrogen-bond donors (Lipinski definition) is 1. The summed E-state index contributed by atoms with van der Waals surface area (Å²) in [6.07, 6.45) is 1.94. The molecule has 2 bridgehead atoms. The number of pyridine rings is 1. The summed E-state index contributed by atoms with van der Waals surface area (Å²) >= 11 is 1.89. The fraction of sp³-hybridized carbons (Fsp3) is 0.147. The molecule has 0 atom stereocenters. The standard InChI is InChI=1S/C34H28N2S/c1-20-25-19-26-24-10-6-8-12-31(24)37-33(26)32(20)27-17-21(30-18-22(15-16-35-30)34(2,3)4)13-14-29(27)36-28-11-7-5-9-23(25)28/h5-19,36H,1-4H3. The molecular formula is C34H28N2S. The van der Waals surface area contributed by atoms with Crippen molar-refractivity contribution in [2.24, 2.45) is 0 Å². The lowest BCUT2D eigenvalue weighted by Crippen LogP contribution is -2.11. The Morgan fingerprint density at radius 1 is 0.730 bits per heavy atom. The van der Waals surface area contributed by atoms with Crippen LogP contribution >= 0.6 is 11.3 Å². The maximum atomic E-state index is 4.78. The molecule has 2 aromatic heterocycles. The van der Waals surface area contributed by atoms with Gasteiger partial charge in [0.1, 0.15) is 0 Å². The Bertz CT molecular complexity index is 1850. The first kappa shape index (κ1) is 22.3. The summed E-state index contributed by atoms with van der Waals surface area (Å²) < 4.78 is 2.67. The molecule has 3 heteroatoms. The lowest BCUT2D eigenvalue weighted by Gasteiger charge is -2.24. The van der Waals surface area contributed by atoms with E-state index in [9.17, 15) is 0 Å². The minimum atomic E-state index is 0.0702. The molecule has 3 heterocycles. The van der Waals surface area contributed by atoms with E-state index in [-0.39, 0.29) is 5.41 Å². The van der Waals surface area contributed by atoms with Crippen molar-refractivity contribution in [1.82, 2.24) is 4.98 Å². The Morgan fingerprint density at radius 3 is 2.38 bits per heavy atom. The summed E-state index contributed by atoms with van der Waals surface area (Å²) in [5.41, 5.74) is 12.2. The number of para-hydroxylation sites is 1. The molecule has 2 nitrogen and oxygen atoms in total. The van der Waals surface area contributed by atoms with E-state index in [1.54, 1.807) is 0 Å². The maximum absolute atomic E-state index is 4.78. The molecule has 1 N–H and O–H groups in total. The summed E-state index contributed by atoms with van der Waals surface area (Å²) in [6, 6.07) is 31.0. The monoisotopic (exact) mass is 496 g/mol. The van der Waals surface area contributed by atoms with Crippen LogP contribution in [0.1, 0.15) is 31.9 Å². The average molecular weight is 497 g/mol. The van der Waals surface area contributed by atoms with E-state index in [1.165, 1.54) is 53.6 Å². The third-order valence-electron chi connectivity index (χ3n) is 7.63. The molecular weight excluding hydrogens is 468 g/mol. The highest BCUT2D eigenvalue weighted by atomic mass is 32.1. The number of benzene rings is 4. The van der Waals surface area contributed by atoms with Crippen molar-refractivity contribution in [3.05, 3.63) is 102 Å². The van der Waals surface area contributed by atoms with Gasteiger partial charge in [-0.05, 0) is 71.5 Å². The molecule has 1 aliphatic rings. The van der Waals surface area contributed by atoms with Crippen LogP contribution < -0.4 is 5.32 Å². The lowest BCUT2D eigenvalue weighted by atomic mass is 9.85. The number of nitrogens with one attached hydrogen (secondary N) is 1. The number of anilines is 2. The van der Waals surface area contributed by atoms with Gasteiger partial charge in [0.15, 0.2) is 0 Å². The number of rotatable bonds is 1. The van der Waals surface area contributed by atoms with E-state index in [4.69, 9.17) is 4.98 Å². The van der Waals surface area contributed by atoms with Gasteiger partial charge in [-0.25, -0.2) is 0 Å². The van der Waals surface area contributed by atoms with Crippen LogP contribution in [0, 0.1) is 6.92 Å². The van der Waals surface area contributed by atoms with Crippen LogP contribution in [0.2, 0.25) is 0 Å². The van der Waals surface area contributed by atoms with E-state index < -0.39 is 0 Å². The SMILES string of the molecule is Cc1c2cc3c(sc4ccccc43)c1-c1cc(-c3cc(C(C)(C)C)ccn3)ccc1Nc1ccccc1-2. The van der Waals surface area contributed by atoms with Crippen molar-refractivity contribution < 1.29 is 0 Å². The van der Waals surface area contributed by atoms with E-state index in [0.29, 0.717) is 0 Å². The molecule has 0 saturated carbocycles. The number of nitrogens with zero attached hydrogens (tertiary/aromatic N) is 1. The van der Waals surface area contributed by atoms with Gasteiger partial charge in [0.25, 0.3) is 0 Å². The van der Waals surface area contributed by atoms with Crippen LogP contribution in [0.15, 0.2) is 91.1 Å². The molecule has 7 rings (SSSR count). The van der Waals surface area contributed by atoms with Crippen molar-refractivity contribution in [3.63, 3.8) is 0 Å². The normalized spacial score (nSPS) is 12.5. The summed E-state index contributed by atoms with van der Waals surface area (Å²) in [5, 5.41) is 6.44. The fourth-order valence-electron chi connectivity index (χ4n) is 5.60. The Hall–Kier alpha value is -3.95. The van der Waals surface area contributed by atoms with Gasteiger partial charge in [0.05, 0.1) is 5.69 Å². The molecule has 0 radical (unpaired) electrons. The molecule has 1 aliphatic heterocycles. The molecule has 0 aliphatic carbocycles. The Labute approximate surface area is 221 Å². The third-order valence-corrected chi connectivity index (χ3v) is 8.83. The molecule has 0 unspecified atom stereocenters. The van der Waals surface area contributed by atoms with Crippen LogP contribution in [-0.4, -0.2) is 4.98 Å². The minimum Gasteiger partial charge on any atom is -0.355 e. The van der Waals surface area contributed by atoms with Crippen molar-refractivity contribution in [1.29, 1.82) is 0 Å². The molecule has 0 saturated heterocycles. The quantitative estimate of drug-likeness (QED) is 0.244. The number of aromatic nitrogens is 1. The fourth-order valence-corrected chi connectivity index (χ4v) is 6.90. The average Bonchev–Trinajstić information content (AvgIpc) is 3.26. The van der Waals surface area contributed by atoms with Gasteiger partial charge in [-0.15, -0.1) is 11.3 Å². The first-order valence-corrected chi connectivity index (χ1v) is 13.6. The molecule has 37 heavy (non-hydrogen) atoms. The second kappa shape index (κ2) is 8.03. The van der Waals surface area contributed by atoms with Crippen LogP contribution in [0.4, 0.5) is 11.4 Å². The zero-order chi connectivity index (χ0) is 25.3. The van der Waals surface area contributed by atoms with Gasteiger partial charge in [0.2, 0.25) is 0 Å². The summed E-state index contributed by atoms with van der Waals surface area (Å²) in [5.74, 6) is 0. The van der Waals surface area contributed by atoms with Gasteiger partial charge in [-0.3, -0.25) is 4.98 Å². The van der Waals surface area contributed by atoms with Crippen molar-refractivity contribution >= 4 is 42.9 Å². The van der Waals surface area contributed by atoms with Crippen LogP contribution in [0.5, 0.6) is 0 Å². The van der Waals surface area contributed by atoms with Gasteiger partial charge >= 0.3 is 0 Å². The summed E-state index contributed by atoms with van der Waals surface area (Å²) in [7, 11) is 0. The molecule has 0 fully saturated rings. The lowest BCUT2D eigenvalue weighted by molar-refractivity contribution is 0.589. The third kappa shape index (κ3) is 3.49. The second-order valence-electron chi connectivity index (χ2n) is 11.0. The maximum Gasteiger partial charge on any atom is 0.0705 e. The molecule has 6 aromatic rings. The Kier molecular flexibility index (Phi) is 4.83. The van der Waals surface area contributed by atoms with Crippen molar-refractivity contribution in [3.8, 4) is 33.5 Å². The highest BCUT2D eigenvalue weighted by molar-refractivity contribution is 7.26. The van der Waals surface area contributed by atoms with E-state index in [2.05, 4.69) is 118 Å². The molecule has 0 spiro atoms. The predicted octanol–water partition coefficient (Wildman–Crippen LogP) is 10.1. The topological polar surface area (TPSA) is 24.9 Å². The Morgan fingerprint density at radius 2 is 1.51 bits per heavy atom. The van der Waals surface area contributed by atoms with Gasteiger partial charge in [-0.1, -0.05) is 63.2 Å².